The highest BCUT2D eigenvalue weighted by molar-refractivity contribution is 7.22. The number of anilines is 1. The number of fused-ring (bicyclic) bond motifs is 1. The Bertz CT molecular complexity index is 1070. The van der Waals surface area contributed by atoms with Gasteiger partial charge in [0.05, 0.1) is 10.2 Å². The summed E-state index contributed by atoms with van der Waals surface area (Å²) < 4.78 is 6.65. The Balaban J connectivity index is 1.36. The molecule has 4 rings (SSSR count). The van der Waals surface area contributed by atoms with Gasteiger partial charge in [0, 0.05) is 0 Å². The van der Waals surface area contributed by atoms with Crippen LogP contribution in [0.25, 0.3) is 21.3 Å². The molecule has 0 aliphatic heterocycles. The van der Waals surface area contributed by atoms with Gasteiger partial charge in [0.2, 0.25) is 0 Å². The molecule has 134 valence electrons. The third-order valence-electron chi connectivity index (χ3n) is 4.20. The van der Waals surface area contributed by atoms with Crippen LogP contribution in [-0.4, -0.2) is 17.5 Å². The Hall–Kier alpha value is -3.18. The SMILES string of the molecule is Cc1cccc2sc(NC(=O)COc3ccc(-c4ccccc4)cc3)nc12. The van der Waals surface area contributed by atoms with Crippen molar-refractivity contribution in [2.24, 2.45) is 0 Å². The number of ether oxygens (including phenoxy) is 1. The number of carbonyl (C=O) groups is 1. The van der Waals surface area contributed by atoms with Crippen LogP contribution in [-0.2, 0) is 4.79 Å². The second kappa shape index (κ2) is 7.60. The van der Waals surface area contributed by atoms with Crippen molar-refractivity contribution in [1.29, 1.82) is 0 Å². The summed E-state index contributed by atoms with van der Waals surface area (Å²) in [6.07, 6.45) is 0. The number of aryl methyl sites for hydroxylation is 1. The number of hydrogen-bond acceptors (Lipinski definition) is 4. The lowest BCUT2D eigenvalue weighted by molar-refractivity contribution is -0.118. The van der Waals surface area contributed by atoms with Gasteiger partial charge in [-0.25, -0.2) is 4.98 Å². The van der Waals surface area contributed by atoms with Gasteiger partial charge in [0.25, 0.3) is 5.91 Å². The van der Waals surface area contributed by atoms with Gasteiger partial charge >= 0.3 is 0 Å². The standard InChI is InChI=1S/C22H18N2O2S/c1-15-6-5-9-19-21(15)24-22(27-19)23-20(25)14-26-18-12-10-17(11-13-18)16-7-3-2-4-8-16/h2-13H,14H2,1H3,(H,23,24,25). The molecule has 3 aromatic carbocycles. The molecule has 5 heteroatoms. The van der Waals surface area contributed by atoms with Gasteiger partial charge in [-0.2, -0.15) is 0 Å². The predicted octanol–water partition coefficient (Wildman–Crippen LogP) is 5.29. The fraction of sp³-hybridized carbons (Fsp3) is 0.0909. The summed E-state index contributed by atoms with van der Waals surface area (Å²) in [6, 6.07) is 23.8. The Labute approximate surface area is 161 Å². The van der Waals surface area contributed by atoms with Crippen LogP contribution in [0, 0.1) is 6.92 Å². The summed E-state index contributed by atoms with van der Waals surface area (Å²) in [7, 11) is 0. The van der Waals surface area contributed by atoms with Crippen LogP contribution < -0.4 is 10.1 Å². The fourth-order valence-electron chi connectivity index (χ4n) is 2.82. The van der Waals surface area contributed by atoms with E-state index in [1.807, 2.05) is 67.6 Å². The summed E-state index contributed by atoms with van der Waals surface area (Å²) in [6.45, 7) is 1.95. The van der Waals surface area contributed by atoms with Gasteiger partial charge in [-0.05, 0) is 41.8 Å². The number of nitrogens with zero attached hydrogens (tertiary/aromatic N) is 1. The van der Waals surface area contributed by atoms with Crippen molar-refractivity contribution in [2.45, 2.75) is 6.92 Å². The molecule has 0 saturated carbocycles. The Morgan fingerprint density at radius 3 is 2.44 bits per heavy atom. The van der Waals surface area contributed by atoms with Crippen molar-refractivity contribution in [3.8, 4) is 16.9 Å². The molecule has 0 aliphatic carbocycles. The number of thiazole rings is 1. The lowest BCUT2D eigenvalue weighted by Crippen LogP contribution is -2.19. The number of nitrogens with one attached hydrogen (secondary N) is 1. The zero-order valence-electron chi connectivity index (χ0n) is 14.8. The van der Waals surface area contributed by atoms with Crippen LogP contribution in [0.15, 0.2) is 72.8 Å². The largest absolute Gasteiger partial charge is 0.484 e. The number of rotatable bonds is 5. The van der Waals surface area contributed by atoms with Crippen molar-refractivity contribution in [2.75, 3.05) is 11.9 Å². The summed E-state index contributed by atoms with van der Waals surface area (Å²) >= 11 is 1.46. The molecule has 4 nitrogen and oxygen atoms in total. The molecule has 0 unspecified atom stereocenters. The molecule has 0 saturated heterocycles. The molecular formula is C22H18N2O2S. The van der Waals surface area contributed by atoms with Crippen molar-refractivity contribution < 1.29 is 9.53 Å². The van der Waals surface area contributed by atoms with Crippen LogP contribution in [0.3, 0.4) is 0 Å². The molecule has 0 radical (unpaired) electrons. The molecule has 4 aromatic rings. The molecule has 0 aliphatic rings. The van der Waals surface area contributed by atoms with Gasteiger partial charge in [0.15, 0.2) is 11.7 Å². The van der Waals surface area contributed by atoms with Crippen LogP contribution in [0.2, 0.25) is 0 Å². The van der Waals surface area contributed by atoms with Gasteiger partial charge in [-0.3, -0.25) is 10.1 Å². The summed E-state index contributed by atoms with van der Waals surface area (Å²) in [5, 5.41) is 3.40. The van der Waals surface area contributed by atoms with Gasteiger partial charge < -0.3 is 4.74 Å². The number of carbonyl (C=O) groups excluding carboxylic acids is 1. The average Bonchev–Trinajstić information content (AvgIpc) is 3.11. The van der Waals surface area contributed by atoms with E-state index in [9.17, 15) is 4.79 Å². The Kier molecular flexibility index (Phi) is 4.85. The molecular weight excluding hydrogens is 356 g/mol. The molecule has 0 atom stereocenters. The lowest BCUT2D eigenvalue weighted by Gasteiger charge is -2.07. The summed E-state index contributed by atoms with van der Waals surface area (Å²) in [5.74, 6) is 0.434. The predicted molar refractivity (Wildman–Crippen MR) is 110 cm³/mol. The monoisotopic (exact) mass is 374 g/mol. The second-order valence-corrected chi connectivity index (χ2v) is 7.20. The van der Waals surface area contributed by atoms with E-state index in [-0.39, 0.29) is 12.5 Å². The van der Waals surface area contributed by atoms with E-state index in [1.165, 1.54) is 11.3 Å². The number of aromatic nitrogens is 1. The minimum atomic E-state index is -0.223. The van der Waals surface area contributed by atoms with Crippen molar-refractivity contribution >= 4 is 32.6 Å². The first kappa shape index (κ1) is 17.2. The fourth-order valence-corrected chi connectivity index (χ4v) is 3.78. The average molecular weight is 374 g/mol. The van der Waals surface area contributed by atoms with Crippen molar-refractivity contribution in [3.63, 3.8) is 0 Å². The Morgan fingerprint density at radius 1 is 0.963 bits per heavy atom. The van der Waals surface area contributed by atoms with E-state index in [2.05, 4.69) is 22.4 Å². The van der Waals surface area contributed by atoms with Gasteiger partial charge in [-0.15, -0.1) is 0 Å². The topological polar surface area (TPSA) is 51.2 Å². The first-order chi connectivity index (χ1) is 13.2. The third kappa shape index (κ3) is 3.99. The quantitative estimate of drug-likeness (QED) is 0.516. The van der Waals surface area contributed by atoms with Crippen LogP contribution in [0.1, 0.15) is 5.56 Å². The molecule has 1 aromatic heterocycles. The van der Waals surface area contributed by atoms with Crippen LogP contribution in [0.4, 0.5) is 5.13 Å². The van der Waals surface area contributed by atoms with Crippen molar-refractivity contribution in [1.82, 2.24) is 4.98 Å². The molecule has 0 spiro atoms. The minimum absolute atomic E-state index is 0.0560. The van der Waals surface area contributed by atoms with Gasteiger partial charge in [-0.1, -0.05) is 65.9 Å². The van der Waals surface area contributed by atoms with E-state index in [1.54, 1.807) is 0 Å². The van der Waals surface area contributed by atoms with E-state index in [4.69, 9.17) is 4.74 Å². The molecule has 0 bridgehead atoms. The lowest BCUT2D eigenvalue weighted by atomic mass is 10.1. The summed E-state index contributed by atoms with van der Waals surface area (Å²) in [4.78, 5) is 16.6. The maximum absolute atomic E-state index is 12.2. The molecule has 1 amide bonds. The normalized spacial score (nSPS) is 10.7. The molecule has 1 heterocycles. The zero-order chi connectivity index (χ0) is 18.6. The number of para-hydroxylation sites is 1. The maximum atomic E-state index is 12.2. The molecule has 0 fully saturated rings. The number of benzene rings is 3. The van der Waals surface area contributed by atoms with E-state index in [0.29, 0.717) is 10.9 Å². The highest BCUT2D eigenvalue weighted by Gasteiger charge is 2.10. The van der Waals surface area contributed by atoms with Gasteiger partial charge in [0.1, 0.15) is 5.75 Å². The van der Waals surface area contributed by atoms with Crippen LogP contribution in [0.5, 0.6) is 5.75 Å². The third-order valence-corrected chi connectivity index (χ3v) is 5.13. The van der Waals surface area contributed by atoms with E-state index >= 15 is 0 Å². The first-order valence-corrected chi connectivity index (χ1v) is 9.45. The first-order valence-electron chi connectivity index (χ1n) is 8.63. The maximum Gasteiger partial charge on any atom is 0.264 e. The second-order valence-electron chi connectivity index (χ2n) is 6.17. The summed E-state index contributed by atoms with van der Waals surface area (Å²) in [5.41, 5.74) is 4.28. The zero-order valence-corrected chi connectivity index (χ0v) is 15.6. The number of amides is 1. The highest BCUT2D eigenvalue weighted by atomic mass is 32.1. The van der Waals surface area contributed by atoms with E-state index in [0.717, 1.165) is 26.9 Å². The van der Waals surface area contributed by atoms with E-state index < -0.39 is 0 Å². The highest BCUT2D eigenvalue weighted by Crippen LogP contribution is 2.28. The molecule has 1 N–H and O–H groups in total. The number of hydrogen-bond donors (Lipinski definition) is 1. The van der Waals surface area contributed by atoms with Crippen molar-refractivity contribution in [3.05, 3.63) is 78.4 Å². The van der Waals surface area contributed by atoms with Crippen LogP contribution >= 0.6 is 11.3 Å². The Morgan fingerprint density at radius 2 is 1.70 bits per heavy atom. The minimum Gasteiger partial charge on any atom is -0.484 e. The molecule has 27 heavy (non-hydrogen) atoms. The smallest absolute Gasteiger partial charge is 0.264 e.